The number of rotatable bonds is 5. The number of likely N-dealkylation sites (tertiary alicyclic amines) is 1. The van der Waals surface area contributed by atoms with Gasteiger partial charge in [-0.15, -0.1) is 0 Å². The topological polar surface area (TPSA) is 67.3 Å². The summed E-state index contributed by atoms with van der Waals surface area (Å²) in [5.74, 6) is 1.93. The molecule has 1 N–H and O–H groups in total. The molecule has 2 aromatic carbocycles. The number of carbonyl (C=O) groups excluding carboxylic acids is 1. The van der Waals surface area contributed by atoms with Gasteiger partial charge in [0.25, 0.3) is 5.91 Å². The maximum atomic E-state index is 12.5. The van der Waals surface area contributed by atoms with E-state index in [1.54, 1.807) is 6.07 Å². The predicted octanol–water partition coefficient (Wildman–Crippen LogP) is 4.25. The number of nitrogens with zero attached hydrogens (tertiary/aromatic N) is 3. The summed E-state index contributed by atoms with van der Waals surface area (Å²) in [6.07, 6.45) is 3.50. The van der Waals surface area contributed by atoms with E-state index < -0.39 is 0 Å². The van der Waals surface area contributed by atoms with Gasteiger partial charge in [0.05, 0.1) is 5.69 Å². The van der Waals surface area contributed by atoms with Gasteiger partial charge in [0.1, 0.15) is 23.6 Å². The molecule has 1 aromatic heterocycles. The first-order valence-electron chi connectivity index (χ1n) is 9.00. The van der Waals surface area contributed by atoms with E-state index in [9.17, 15) is 4.79 Å². The molecular formula is C21H20N4O2. The number of hydrogen-bond acceptors (Lipinski definition) is 5. The van der Waals surface area contributed by atoms with Crippen molar-refractivity contribution in [3.8, 4) is 11.5 Å². The summed E-state index contributed by atoms with van der Waals surface area (Å²) in [6.45, 7) is 1.58. The molecule has 2 heterocycles. The summed E-state index contributed by atoms with van der Waals surface area (Å²) < 4.78 is 5.96. The molecular weight excluding hydrogens is 340 g/mol. The van der Waals surface area contributed by atoms with Crippen LogP contribution in [-0.4, -0.2) is 33.9 Å². The van der Waals surface area contributed by atoms with E-state index in [2.05, 4.69) is 15.3 Å². The molecule has 0 aliphatic carbocycles. The molecule has 0 unspecified atom stereocenters. The number of amides is 1. The van der Waals surface area contributed by atoms with Gasteiger partial charge in [-0.05, 0) is 37.1 Å². The van der Waals surface area contributed by atoms with E-state index in [0.29, 0.717) is 17.3 Å². The molecule has 0 saturated carbocycles. The largest absolute Gasteiger partial charge is 0.455 e. The summed E-state index contributed by atoms with van der Waals surface area (Å²) in [5.41, 5.74) is 1.16. The molecule has 0 atom stereocenters. The van der Waals surface area contributed by atoms with Crippen molar-refractivity contribution in [2.75, 3.05) is 18.4 Å². The lowest BCUT2D eigenvalue weighted by atomic mass is 10.2. The van der Waals surface area contributed by atoms with Crippen LogP contribution >= 0.6 is 0 Å². The maximum absolute atomic E-state index is 12.5. The second-order valence-corrected chi connectivity index (χ2v) is 6.32. The second-order valence-electron chi connectivity index (χ2n) is 6.32. The Morgan fingerprint density at radius 1 is 0.963 bits per heavy atom. The van der Waals surface area contributed by atoms with E-state index >= 15 is 0 Å². The fraction of sp³-hybridized carbons (Fsp3) is 0.190. The van der Waals surface area contributed by atoms with Gasteiger partial charge in [0.15, 0.2) is 5.75 Å². The van der Waals surface area contributed by atoms with Crippen LogP contribution in [0, 0.1) is 0 Å². The average molecular weight is 360 g/mol. The van der Waals surface area contributed by atoms with Crippen LogP contribution in [0.2, 0.25) is 0 Å². The Hall–Kier alpha value is -3.41. The smallest absolute Gasteiger partial charge is 0.272 e. The van der Waals surface area contributed by atoms with Gasteiger partial charge in [-0.1, -0.05) is 30.3 Å². The Morgan fingerprint density at radius 2 is 1.70 bits per heavy atom. The van der Waals surface area contributed by atoms with Crippen molar-refractivity contribution in [3.63, 3.8) is 0 Å². The van der Waals surface area contributed by atoms with Crippen molar-refractivity contribution in [2.24, 2.45) is 0 Å². The number of benzene rings is 2. The average Bonchev–Trinajstić information content (AvgIpc) is 3.25. The molecule has 3 aromatic rings. The third kappa shape index (κ3) is 4.06. The number of nitrogens with one attached hydrogen (secondary N) is 1. The molecule has 27 heavy (non-hydrogen) atoms. The molecule has 136 valence electrons. The number of ether oxygens (including phenoxy) is 1. The first-order chi connectivity index (χ1) is 13.3. The Balaban J connectivity index is 1.54. The van der Waals surface area contributed by atoms with Gasteiger partial charge < -0.3 is 15.0 Å². The molecule has 1 aliphatic rings. The van der Waals surface area contributed by atoms with Crippen LogP contribution in [0.3, 0.4) is 0 Å². The number of hydrogen-bond donors (Lipinski definition) is 1. The molecule has 0 bridgehead atoms. The quantitative estimate of drug-likeness (QED) is 0.737. The molecule has 1 saturated heterocycles. The zero-order chi connectivity index (χ0) is 18.5. The van der Waals surface area contributed by atoms with E-state index in [4.69, 9.17) is 4.74 Å². The van der Waals surface area contributed by atoms with Crippen LogP contribution in [0.4, 0.5) is 11.5 Å². The number of para-hydroxylation sites is 3. The highest BCUT2D eigenvalue weighted by Crippen LogP contribution is 2.31. The molecule has 1 fully saturated rings. The van der Waals surface area contributed by atoms with Crippen molar-refractivity contribution in [1.82, 2.24) is 14.9 Å². The van der Waals surface area contributed by atoms with E-state index in [1.165, 1.54) is 6.33 Å². The fourth-order valence-electron chi connectivity index (χ4n) is 3.04. The lowest BCUT2D eigenvalue weighted by Crippen LogP contribution is -2.28. The number of carbonyl (C=O) groups is 1. The molecule has 0 spiro atoms. The maximum Gasteiger partial charge on any atom is 0.272 e. The van der Waals surface area contributed by atoms with E-state index in [1.807, 2.05) is 59.5 Å². The Morgan fingerprint density at radius 3 is 2.52 bits per heavy atom. The highest BCUT2D eigenvalue weighted by molar-refractivity contribution is 5.93. The first-order valence-corrected chi connectivity index (χ1v) is 9.00. The Kier molecular flexibility index (Phi) is 4.96. The predicted molar refractivity (Wildman–Crippen MR) is 103 cm³/mol. The SMILES string of the molecule is O=C(c1cc(Nc2ccccc2Oc2ccccc2)ncn1)N1CCCC1. The third-order valence-electron chi connectivity index (χ3n) is 4.40. The monoisotopic (exact) mass is 360 g/mol. The van der Waals surface area contributed by atoms with Crippen molar-refractivity contribution >= 4 is 17.4 Å². The minimum atomic E-state index is -0.0493. The van der Waals surface area contributed by atoms with Gasteiger partial charge in [0.2, 0.25) is 0 Å². The molecule has 0 radical (unpaired) electrons. The van der Waals surface area contributed by atoms with Crippen LogP contribution in [0.15, 0.2) is 67.0 Å². The number of anilines is 2. The highest BCUT2D eigenvalue weighted by atomic mass is 16.5. The van der Waals surface area contributed by atoms with Crippen LogP contribution in [-0.2, 0) is 0 Å². The number of aromatic nitrogens is 2. The summed E-state index contributed by atoms with van der Waals surface area (Å²) in [7, 11) is 0. The van der Waals surface area contributed by atoms with Crippen molar-refractivity contribution < 1.29 is 9.53 Å². The molecule has 4 rings (SSSR count). The summed E-state index contributed by atoms with van der Waals surface area (Å²) in [4.78, 5) is 22.8. The Bertz CT molecular complexity index is 924. The van der Waals surface area contributed by atoms with E-state index in [0.717, 1.165) is 37.4 Å². The van der Waals surface area contributed by atoms with Crippen LogP contribution in [0.1, 0.15) is 23.3 Å². The first kappa shape index (κ1) is 17.0. The van der Waals surface area contributed by atoms with Gasteiger partial charge in [-0.25, -0.2) is 9.97 Å². The van der Waals surface area contributed by atoms with Gasteiger partial charge >= 0.3 is 0 Å². The zero-order valence-electron chi connectivity index (χ0n) is 14.8. The van der Waals surface area contributed by atoms with Gasteiger partial charge in [-0.2, -0.15) is 0 Å². The van der Waals surface area contributed by atoms with E-state index in [-0.39, 0.29) is 5.91 Å². The molecule has 6 heteroatoms. The minimum absolute atomic E-state index is 0.0493. The summed E-state index contributed by atoms with van der Waals surface area (Å²) in [5, 5.41) is 3.23. The molecule has 1 aliphatic heterocycles. The van der Waals surface area contributed by atoms with Gasteiger partial charge in [-0.3, -0.25) is 4.79 Å². The summed E-state index contributed by atoms with van der Waals surface area (Å²) in [6, 6.07) is 18.9. The van der Waals surface area contributed by atoms with Crippen LogP contribution < -0.4 is 10.1 Å². The highest BCUT2D eigenvalue weighted by Gasteiger charge is 2.21. The van der Waals surface area contributed by atoms with Crippen LogP contribution in [0.5, 0.6) is 11.5 Å². The molecule has 6 nitrogen and oxygen atoms in total. The second kappa shape index (κ2) is 7.86. The van der Waals surface area contributed by atoms with Crippen molar-refractivity contribution in [2.45, 2.75) is 12.8 Å². The Labute approximate surface area is 157 Å². The lowest BCUT2D eigenvalue weighted by molar-refractivity contribution is 0.0787. The third-order valence-corrected chi connectivity index (χ3v) is 4.40. The lowest BCUT2D eigenvalue weighted by Gasteiger charge is -2.15. The fourth-order valence-corrected chi connectivity index (χ4v) is 3.04. The van der Waals surface area contributed by atoms with Crippen LogP contribution in [0.25, 0.3) is 0 Å². The molecule has 1 amide bonds. The summed E-state index contributed by atoms with van der Waals surface area (Å²) >= 11 is 0. The van der Waals surface area contributed by atoms with Crippen molar-refractivity contribution in [3.05, 3.63) is 72.7 Å². The zero-order valence-corrected chi connectivity index (χ0v) is 14.8. The standard InChI is InChI=1S/C21H20N4O2/c26-21(25-12-6-7-13-25)18-14-20(23-15-22-18)24-17-10-4-5-11-19(17)27-16-8-2-1-3-9-16/h1-5,8-11,14-15H,6-7,12-13H2,(H,22,23,24). The minimum Gasteiger partial charge on any atom is -0.455 e. The normalized spacial score (nSPS) is 13.4. The van der Waals surface area contributed by atoms with Crippen molar-refractivity contribution in [1.29, 1.82) is 0 Å². The van der Waals surface area contributed by atoms with Gasteiger partial charge in [0, 0.05) is 19.2 Å².